The van der Waals surface area contributed by atoms with Crippen LogP contribution in [0.5, 0.6) is 0 Å². The maximum atomic E-state index is 13.5. The summed E-state index contributed by atoms with van der Waals surface area (Å²) in [7, 11) is -1.51. The van der Waals surface area contributed by atoms with Crippen molar-refractivity contribution in [3.8, 4) is 0 Å². The lowest BCUT2D eigenvalue weighted by atomic mass is 9.96. The van der Waals surface area contributed by atoms with Crippen LogP contribution in [-0.2, 0) is 21.1 Å². The zero-order valence-corrected chi connectivity index (χ0v) is 24.2. The number of sulfone groups is 1. The van der Waals surface area contributed by atoms with Crippen LogP contribution < -0.4 is 5.32 Å². The van der Waals surface area contributed by atoms with Gasteiger partial charge in [0.05, 0.1) is 23.1 Å². The Kier molecular flexibility index (Phi) is 9.07. The topological polar surface area (TPSA) is 83.5 Å². The molecule has 0 bridgehead atoms. The fourth-order valence-corrected chi connectivity index (χ4v) is 5.43. The van der Waals surface area contributed by atoms with E-state index in [1.165, 1.54) is 12.1 Å². The third kappa shape index (κ3) is 6.97. The van der Waals surface area contributed by atoms with E-state index in [1.807, 2.05) is 55.5 Å². The van der Waals surface area contributed by atoms with Crippen LogP contribution >= 0.6 is 11.6 Å². The fraction of sp³-hybridized carbons (Fsp3) is 0.188. The molecule has 4 aromatic carbocycles. The highest BCUT2D eigenvalue weighted by molar-refractivity contribution is 7.91. The van der Waals surface area contributed by atoms with Gasteiger partial charge in [-0.3, -0.25) is 9.59 Å². The van der Waals surface area contributed by atoms with E-state index in [4.69, 9.17) is 11.6 Å². The number of carbonyl (C=O) groups excluding carboxylic acids is 2. The number of nitrogens with zero attached hydrogens (tertiary/aromatic N) is 1. The largest absolute Gasteiger partial charge is 0.331 e. The summed E-state index contributed by atoms with van der Waals surface area (Å²) in [5.41, 5.74) is 4.79. The molecule has 0 fully saturated rings. The second-order valence-electron chi connectivity index (χ2n) is 9.63. The first-order valence-corrected chi connectivity index (χ1v) is 14.9. The van der Waals surface area contributed by atoms with E-state index in [0.717, 1.165) is 16.7 Å². The monoisotopic (exact) mass is 574 g/mol. The molecule has 40 heavy (non-hydrogen) atoms. The van der Waals surface area contributed by atoms with E-state index in [2.05, 4.69) is 5.32 Å². The van der Waals surface area contributed by atoms with Crippen molar-refractivity contribution in [1.82, 2.24) is 4.90 Å². The summed E-state index contributed by atoms with van der Waals surface area (Å²) in [6.45, 7) is 3.61. The van der Waals surface area contributed by atoms with Crippen molar-refractivity contribution in [2.75, 3.05) is 18.1 Å². The van der Waals surface area contributed by atoms with Crippen LogP contribution in [-0.4, -0.2) is 37.9 Å². The molecule has 4 rings (SSSR count). The Morgan fingerprint density at radius 2 is 1.38 bits per heavy atom. The molecular weight excluding hydrogens is 544 g/mol. The smallest absolute Gasteiger partial charge is 0.254 e. The van der Waals surface area contributed by atoms with Gasteiger partial charge in [0, 0.05) is 23.3 Å². The van der Waals surface area contributed by atoms with Gasteiger partial charge in [-0.25, -0.2) is 8.42 Å². The Morgan fingerprint density at radius 1 is 0.825 bits per heavy atom. The van der Waals surface area contributed by atoms with Gasteiger partial charge < -0.3 is 10.2 Å². The third-order valence-corrected chi connectivity index (χ3v) is 8.73. The van der Waals surface area contributed by atoms with Crippen molar-refractivity contribution in [3.05, 3.63) is 130 Å². The number of hydrogen-bond acceptors (Lipinski definition) is 4. The predicted octanol–water partition coefficient (Wildman–Crippen LogP) is 6.48. The summed E-state index contributed by atoms with van der Waals surface area (Å²) < 4.78 is 24.0. The summed E-state index contributed by atoms with van der Waals surface area (Å²) in [6.07, 6.45) is 0.0925. The SMILES string of the molecule is CCS(=O)(=O)c1ccc(CC(=O)Nc2ccc(C(=O)N(C)C(c3ccc(C)cc3)c3ccc(Cl)cc3)cc2)cc1. The first-order chi connectivity index (χ1) is 19.1. The van der Waals surface area contributed by atoms with Gasteiger partial charge in [0.25, 0.3) is 5.91 Å². The van der Waals surface area contributed by atoms with Crippen LogP contribution in [0.15, 0.2) is 102 Å². The lowest BCUT2D eigenvalue weighted by Gasteiger charge is -2.29. The Hall–Kier alpha value is -3.94. The van der Waals surface area contributed by atoms with Crippen molar-refractivity contribution in [2.24, 2.45) is 0 Å². The summed E-state index contributed by atoms with van der Waals surface area (Å²) in [4.78, 5) is 28.1. The van der Waals surface area contributed by atoms with E-state index in [0.29, 0.717) is 21.8 Å². The van der Waals surface area contributed by atoms with Crippen molar-refractivity contribution < 1.29 is 18.0 Å². The molecule has 0 aliphatic rings. The second-order valence-corrected chi connectivity index (χ2v) is 12.3. The van der Waals surface area contributed by atoms with Crippen molar-refractivity contribution in [2.45, 2.75) is 31.2 Å². The van der Waals surface area contributed by atoms with Crippen molar-refractivity contribution >= 4 is 38.9 Å². The fourth-order valence-electron chi connectivity index (χ4n) is 4.42. The number of halogens is 1. The molecule has 6 nitrogen and oxygen atoms in total. The Morgan fingerprint density at radius 3 is 1.93 bits per heavy atom. The van der Waals surface area contributed by atoms with E-state index < -0.39 is 9.84 Å². The number of hydrogen-bond donors (Lipinski definition) is 1. The van der Waals surface area contributed by atoms with Crippen molar-refractivity contribution in [1.29, 1.82) is 0 Å². The number of aryl methyl sites for hydroxylation is 1. The molecule has 0 saturated heterocycles. The quantitative estimate of drug-likeness (QED) is 0.248. The Labute approximate surface area is 240 Å². The molecule has 0 saturated carbocycles. The van der Waals surface area contributed by atoms with E-state index in [9.17, 15) is 18.0 Å². The number of carbonyl (C=O) groups is 2. The van der Waals surface area contributed by atoms with E-state index >= 15 is 0 Å². The lowest BCUT2D eigenvalue weighted by Crippen LogP contribution is -2.32. The normalized spacial score (nSPS) is 12.0. The zero-order chi connectivity index (χ0) is 28.9. The van der Waals surface area contributed by atoms with E-state index in [-0.39, 0.29) is 34.9 Å². The number of benzene rings is 4. The molecule has 0 radical (unpaired) electrons. The van der Waals surface area contributed by atoms with Crippen LogP contribution in [0.4, 0.5) is 5.69 Å². The minimum atomic E-state index is -3.29. The van der Waals surface area contributed by atoms with Crippen LogP contribution in [0.2, 0.25) is 5.02 Å². The number of nitrogens with one attached hydrogen (secondary N) is 1. The molecule has 1 N–H and O–H groups in total. The summed E-state index contributed by atoms with van der Waals surface area (Å²) in [5, 5.41) is 3.46. The second kappa shape index (κ2) is 12.5. The van der Waals surface area contributed by atoms with E-state index in [1.54, 1.807) is 55.3 Å². The molecule has 8 heteroatoms. The van der Waals surface area contributed by atoms with Gasteiger partial charge in [-0.1, -0.05) is 72.6 Å². The van der Waals surface area contributed by atoms with Gasteiger partial charge in [0.2, 0.25) is 5.91 Å². The lowest BCUT2D eigenvalue weighted by molar-refractivity contribution is -0.115. The van der Waals surface area contributed by atoms with Gasteiger partial charge in [-0.05, 0) is 72.1 Å². The zero-order valence-electron chi connectivity index (χ0n) is 22.6. The van der Waals surface area contributed by atoms with Crippen LogP contribution in [0.25, 0.3) is 0 Å². The third-order valence-electron chi connectivity index (χ3n) is 6.73. The number of amides is 2. The molecule has 1 atom stereocenters. The minimum absolute atomic E-state index is 0.0227. The predicted molar refractivity (Wildman–Crippen MR) is 160 cm³/mol. The molecule has 0 spiro atoms. The van der Waals surface area contributed by atoms with Crippen LogP contribution in [0.1, 0.15) is 45.6 Å². The Bertz CT molecular complexity index is 1540. The molecule has 206 valence electrons. The average Bonchev–Trinajstić information content (AvgIpc) is 2.95. The molecule has 0 aromatic heterocycles. The van der Waals surface area contributed by atoms with Gasteiger partial charge in [-0.15, -0.1) is 0 Å². The minimum Gasteiger partial charge on any atom is -0.331 e. The van der Waals surface area contributed by atoms with Crippen LogP contribution in [0, 0.1) is 6.92 Å². The Balaban J connectivity index is 1.46. The molecular formula is C32H31ClN2O4S. The number of rotatable bonds is 9. The van der Waals surface area contributed by atoms with Gasteiger partial charge in [-0.2, -0.15) is 0 Å². The van der Waals surface area contributed by atoms with Gasteiger partial charge in [0.15, 0.2) is 9.84 Å². The average molecular weight is 575 g/mol. The highest BCUT2D eigenvalue weighted by Gasteiger charge is 2.24. The van der Waals surface area contributed by atoms with Crippen LogP contribution in [0.3, 0.4) is 0 Å². The first-order valence-electron chi connectivity index (χ1n) is 12.9. The summed E-state index contributed by atoms with van der Waals surface area (Å²) in [5.74, 6) is -0.389. The molecule has 0 heterocycles. The standard InChI is InChI=1S/C32H31ClN2O4S/c1-4-40(38,39)29-19-7-23(8-20-29)21-30(36)34-28-17-13-26(14-18-28)32(37)35(3)31(24-9-5-22(2)6-10-24)25-11-15-27(33)16-12-25/h5-20,31H,4,21H2,1-3H3,(H,34,36). The number of anilines is 1. The van der Waals surface area contributed by atoms with Gasteiger partial charge >= 0.3 is 0 Å². The summed E-state index contributed by atoms with van der Waals surface area (Å²) >= 11 is 6.11. The maximum absolute atomic E-state index is 13.5. The van der Waals surface area contributed by atoms with Crippen molar-refractivity contribution in [3.63, 3.8) is 0 Å². The molecule has 0 aliphatic heterocycles. The summed E-state index contributed by atoms with van der Waals surface area (Å²) in [6, 6.07) is 28.3. The highest BCUT2D eigenvalue weighted by Crippen LogP contribution is 2.30. The highest BCUT2D eigenvalue weighted by atomic mass is 35.5. The molecule has 0 aliphatic carbocycles. The molecule has 1 unspecified atom stereocenters. The molecule has 2 amide bonds. The maximum Gasteiger partial charge on any atom is 0.254 e. The van der Waals surface area contributed by atoms with Gasteiger partial charge in [0.1, 0.15) is 0 Å². The first kappa shape index (κ1) is 29.1. The molecule has 4 aromatic rings.